The second kappa shape index (κ2) is 4.88. The molecule has 0 amide bonds. The highest BCUT2D eigenvalue weighted by molar-refractivity contribution is 5.56. The van der Waals surface area contributed by atoms with Crippen LogP contribution in [0.2, 0.25) is 0 Å². The Bertz CT molecular complexity index is 680. The van der Waals surface area contributed by atoms with Gasteiger partial charge in [0.05, 0.1) is 0 Å². The van der Waals surface area contributed by atoms with Gasteiger partial charge in [-0.15, -0.1) is 0 Å². The molecule has 2 aromatic rings. The maximum atomic E-state index is 9.85. The van der Waals surface area contributed by atoms with Gasteiger partial charge in [0.2, 0.25) is 5.79 Å². The second-order valence-corrected chi connectivity index (χ2v) is 5.75. The van der Waals surface area contributed by atoms with Gasteiger partial charge in [-0.05, 0) is 25.1 Å². The van der Waals surface area contributed by atoms with Crippen molar-refractivity contribution >= 4 is 5.69 Å². The normalized spacial score (nSPS) is 15.0. The van der Waals surface area contributed by atoms with Gasteiger partial charge >= 0.3 is 0 Å². The molecule has 0 saturated heterocycles. The lowest BCUT2D eigenvalue weighted by molar-refractivity contribution is -0.0431. The molecular weight excluding hydrogens is 266 g/mol. The molecule has 0 aliphatic carbocycles. The van der Waals surface area contributed by atoms with Crippen molar-refractivity contribution in [2.75, 3.05) is 5.32 Å². The van der Waals surface area contributed by atoms with E-state index in [0.29, 0.717) is 12.3 Å². The minimum absolute atomic E-state index is 0.301. The minimum Gasteiger partial charge on any atom is -0.508 e. The Balaban J connectivity index is 1.74. The topological polar surface area (TPSA) is 50.7 Å². The maximum absolute atomic E-state index is 9.85. The first-order valence-corrected chi connectivity index (χ1v) is 6.97. The van der Waals surface area contributed by atoms with Crippen LogP contribution in [0.3, 0.4) is 0 Å². The standard InChI is InChI=1S/C17H19NO3/c1-11-4-6-14(19)12(8-11)10-18-13-5-7-15-16(9-13)21-17(2,3)20-15/h4-9,18-19H,10H2,1-3H3. The summed E-state index contributed by atoms with van der Waals surface area (Å²) in [5.41, 5.74) is 2.92. The molecule has 4 heteroatoms. The first-order chi connectivity index (χ1) is 9.93. The molecule has 2 N–H and O–H groups in total. The van der Waals surface area contributed by atoms with Gasteiger partial charge in [0, 0.05) is 37.7 Å². The Morgan fingerprint density at radius 1 is 1.05 bits per heavy atom. The smallest absolute Gasteiger partial charge is 0.246 e. The summed E-state index contributed by atoms with van der Waals surface area (Å²) in [5, 5.41) is 13.1. The highest BCUT2D eigenvalue weighted by Gasteiger charge is 2.31. The van der Waals surface area contributed by atoms with Crippen LogP contribution in [0.5, 0.6) is 17.2 Å². The lowest BCUT2D eigenvalue weighted by atomic mass is 10.1. The SMILES string of the molecule is Cc1ccc(O)c(CNc2ccc3c(c2)OC(C)(C)O3)c1. The van der Waals surface area contributed by atoms with Crippen LogP contribution in [0.4, 0.5) is 5.69 Å². The van der Waals surface area contributed by atoms with Crippen molar-refractivity contribution in [2.24, 2.45) is 0 Å². The van der Waals surface area contributed by atoms with Crippen molar-refractivity contribution in [3.05, 3.63) is 47.5 Å². The number of aromatic hydroxyl groups is 1. The number of hydrogen-bond acceptors (Lipinski definition) is 4. The van der Waals surface area contributed by atoms with E-state index in [0.717, 1.165) is 28.3 Å². The quantitative estimate of drug-likeness (QED) is 0.900. The molecule has 0 aromatic heterocycles. The Hall–Kier alpha value is -2.36. The van der Waals surface area contributed by atoms with E-state index in [-0.39, 0.29) is 0 Å². The summed E-state index contributed by atoms with van der Waals surface area (Å²) in [5.74, 6) is 1.17. The number of benzene rings is 2. The highest BCUT2D eigenvalue weighted by Crippen LogP contribution is 2.40. The molecule has 0 radical (unpaired) electrons. The number of rotatable bonds is 3. The van der Waals surface area contributed by atoms with Crippen LogP contribution in [0.1, 0.15) is 25.0 Å². The zero-order valence-electron chi connectivity index (χ0n) is 12.4. The monoisotopic (exact) mass is 285 g/mol. The first kappa shape index (κ1) is 13.6. The third-order valence-electron chi connectivity index (χ3n) is 3.37. The van der Waals surface area contributed by atoms with Crippen molar-refractivity contribution in [3.63, 3.8) is 0 Å². The molecular formula is C17H19NO3. The number of anilines is 1. The van der Waals surface area contributed by atoms with Gasteiger partial charge in [0.15, 0.2) is 11.5 Å². The van der Waals surface area contributed by atoms with E-state index in [2.05, 4.69) is 5.32 Å². The Morgan fingerprint density at radius 2 is 1.81 bits per heavy atom. The number of hydrogen-bond donors (Lipinski definition) is 2. The zero-order chi connectivity index (χ0) is 15.0. The fourth-order valence-corrected chi connectivity index (χ4v) is 2.39. The zero-order valence-corrected chi connectivity index (χ0v) is 12.4. The van der Waals surface area contributed by atoms with E-state index < -0.39 is 5.79 Å². The average Bonchev–Trinajstić information content (AvgIpc) is 2.72. The lowest BCUT2D eigenvalue weighted by Crippen LogP contribution is -2.29. The largest absolute Gasteiger partial charge is 0.508 e. The summed E-state index contributed by atoms with van der Waals surface area (Å²) in [4.78, 5) is 0. The molecule has 21 heavy (non-hydrogen) atoms. The Morgan fingerprint density at radius 3 is 2.62 bits per heavy atom. The summed E-state index contributed by atoms with van der Waals surface area (Å²) < 4.78 is 11.4. The molecule has 0 bridgehead atoms. The molecule has 4 nitrogen and oxygen atoms in total. The summed E-state index contributed by atoms with van der Waals surface area (Å²) in [6, 6.07) is 11.3. The molecule has 0 unspecified atom stereocenters. The predicted molar refractivity (Wildman–Crippen MR) is 81.9 cm³/mol. The molecule has 0 saturated carbocycles. The molecule has 1 aliphatic heterocycles. The van der Waals surface area contributed by atoms with Gasteiger partial charge in [0.1, 0.15) is 5.75 Å². The Kier molecular flexibility index (Phi) is 3.16. The fourth-order valence-electron chi connectivity index (χ4n) is 2.39. The van der Waals surface area contributed by atoms with E-state index in [1.807, 2.05) is 51.1 Å². The number of phenolic OH excluding ortho intramolecular Hbond substituents is 1. The molecule has 0 spiro atoms. The molecule has 110 valence electrons. The van der Waals surface area contributed by atoms with Crippen LogP contribution in [0.15, 0.2) is 36.4 Å². The van der Waals surface area contributed by atoms with E-state index in [9.17, 15) is 5.11 Å². The third-order valence-corrected chi connectivity index (χ3v) is 3.37. The van der Waals surface area contributed by atoms with Crippen LogP contribution in [-0.4, -0.2) is 10.9 Å². The highest BCUT2D eigenvalue weighted by atomic mass is 16.7. The molecule has 1 aliphatic rings. The number of ether oxygens (including phenoxy) is 2. The number of fused-ring (bicyclic) bond motifs is 1. The van der Waals surface area contributed by atoms with Crippen molar-refractivity contribution < 1.29 is 14.6 Å². The first-order valence-electron chi connectivity index (χ1n) is 6.97. The van der Waals surface area contributed by atoms with Crippen LogP contribution >= 0.6 is 0 Å². The summed E-state index contributed by atoms with van der Waals surface area (Å²) in [7, 11) is 0. The Labute approximate surface area is 124 Å². The summed E-state index contributed by atoms with van der Waals surface area (Å²) in [6.07, 6.45) is 0. The second-order valence-electron chi connectivity index (χ2n) is 5.75. The van der Waals surface area contributed by atoms with Crippen molar-refractivity contribution in [1.29, 1.82) is 0 Å². The number of nitrogens with one attached hydrogen (secondary N) is 1. The van der Waals surface area contributed by atoms with E-state index in [1.165, 1.54) is 0 Å². The third kappa shape index (κ3) is 2.89. The van der Waals surface area contributed by atoms with Crippen LogP contribution in [-0.2, 0) is 6.54 Å². The van der Waals surface area contributed by atoms with E-state index in [1.54, 1.807) is 6.07 Å². The molecule has 3 rings (SSSR count). The predicted octanol–water partition coefficient (Wildman–Crippen LogP) is 3.82. The average molecular weight is 285 g/mol. The molecule has 2 aromatic carbocycles. The maximum Gasteiger partial charge on any atom is 0.246 e. The summed E-state index contributed by atoms with van der Waals surface area (Å²) in [6.45, 7) is 6.32. The van der Waals surface area contributed by atoms with Gasteiger partial charge in [-0.3, -0.25) is 0 Å². The lowest BCUT2D eigenvalue weighted by Gasteiger charge is -2.16. The fraction of sp³-hybridized carbons (Fsp3) is 0.294. The van der Waals surface area contributed by atoms with Gasteiger partial charge < -0.3 is 19.9 Å². The van der Waals surface area contributed by atoms with Gasteiger partial charge in [-0.25, -0.2) is 0 Å². The number of phenols is 1. The van der Waals surface area contributed by atoms with Gasteiger partial charge in [0.25, 0.3) is 0 Å². The van der Waals surface area contributed by atoms with E-state index >= 15 is 0 Å². The van der Waals surface area contributed by atoms with Crippen molar-refractivity contribution in [1.82, 2.24) is 0 Å². The van der Waals surface area contributed by atoms with E-state index in [4.69, 9.17) is 9.47 Å². The van der Waals surface area contributed by atoms with Gasteiger partial charge in [-0.2, -0.15) is 0 Å². The number of aryl methyl sites for hydroxylation is 1. The minimum atomic E-state index is -0.615. The van der Waals surface area contributed by atoms with Crippen LogP contribution in [0.25, 0.3) is 0 Å². The molecule has 0 atom stereocenters. The summed E-state index contributed by atoms with van der Waals surface area (Å²) >= 11 is 0. The molecule has 0 fully saturated rings. The van der Waals surface area contributed by atoms with Gasteiger partial charge in [-0.1, -0.05) is 17.7 Å². The van der Waals surface area contributed by atoms with Crippen molar-refractivity contribution in [3.8, 4) is 17.2 Å². The molecule has 1 heterocycles. The van der Waals surface area contributed by atoms with Crippen molar-refractivity contribution in [2.45, 2.75) is 33.1 Å². The van der Waals surface area contributed by atoms with Crippen LogP contribution in [0, 0.1) is 6.92 Å². The van der Waals surface area contributed by atoms with Crippen LogP contribution < -0.4 is 14.8 Å².